The van der Waals surface area contributed by atoms with Crippen molar-refractivity contribution in [1.29, 1.82) is 0 Å². The first kappa shape index (κ1) is 17.7. The Balaban J connectivity index is 3.03. The van der Waals surface area contributed by atoms with Crippen molar-refractivity contribution in [1.82, 2.24) is 4.72 Å². The van der Waals surface area contributed by atoms with Crippen molar-refractivity contribution in [2.24, 2.45) is 11.7 Å². The van der Waals surface area contributed by atoms with E-state index >= 15 is 0 Å². The molecule has 7 heteroatoms. The highest BCUT2D eigenvalue weighted by Gasteiger charge is 2.22. The maximum atomic E-state index is 12.5. The quantitative estimate of drug-likeness (QED) is 0.720. The number of nitrogens with zero attached hydrogens (tertiary/aromatic N) is 1. The summed E-state index contributed by atoms with van der Waals surface area (Å²) in [6, 6.07) is 6.99. The van der Waals surface area contributed by atoms with Crippen molar-refractivity contribution in [3.63, 3.8) is 0 Å². The molecule has 0 spiro atoms. The largest absolute Gasteiger partial charge is 0.497 e. The second-order valence-electron chi connectivity index (χ2n) is 5.16. The summed E-state index contributed by atoms with van der Waals surface area (Å²) in [5.41, 5.74) is 6.08. The molecule has 0 bridgehead atoms. The highest BCUT2D eigenvalue weighted by atomic mass is 32.2. The van der Waals surface area contributed by atoms with E-state index in [-0.39, 0.29) is 5.92 Å². The molecule has 0 aromatic heterocycles. The van der Waals surface area contributed by atoms with Crippen LogP contribution in [0.15, 0.2) is 24.3 Å². The van der Waals surface area contributed by atoms with E-state index in [1.54, 1.807) is 31.4 Å². The number of ether oxygens (including phenoxy) is 1. The van der Waals surface area contributed by atoms with Crippen LogP contribution in [0.5, 0.6) is 5.75 Å². The summed E-state index contributed by atoms with van der Waals surface area (Å²) in [4.78, 5) is 0. The first-order chi connectivity index (χ1) is 9.90. The molecule has 21 heavy (non-hydrogen) atoms. The molecule has 3 N–H and O–H groups in total. The van der Waals surface area contributed by atoms with Crippen molar-refractivity contribution in [2.75, 3.05) is 31.0 Å². The lowest BCUT2D eigenvalue weighted by Crippen LogP contribution is -2.43. The second kappa shape index (κ2) is 8.21. The predicted molar refractivity (Wildman–Crippen MR) is 85.8 cm³/mol. The third kappa shape index (κ3) is 5.53. The molecule has 0 fully saturated rings. The van der Waals surface area contributed by atoms with E-state index < -0.39 is 10.2 Å². The number of hydrogen-bond acceptors (Lipinski definition) is 4. The van der Waals surface area contributed by atoms with Gasteiger partial charge in [-0.1, -0.05) is 19.9 Å². The maximum Gasteiger partial charge on any atom is 0.301 e. The lowest BCUT2D eigenvalue weighted by molar-refractivity contribution is 0.415. The number of nitrogens with one attached hydrogen (secondary N) is 1. The number of anilines is 1. The monoisotopic (exact) mass is 315 g/mol. The van der Waals surface area contributed by atoms with Crippen LogP contribution in [0.4, 0.5) is 5.69 Å². The molecule has 0 atom stereocenters. The summed E-state index contributed by atoms with van der Waals surface area (Å²) in [5.74, 6) is 0.853. The molecule has 0 amide bonds. The van der Waals surface area contributed by atoms with Gasteiger partial charge in [0.15, 0.2) is 0 Å². The van der Waals surface area contributed by atoms with Crippen LogP contribution < -0.4 is 19.5 Å². The van der Waals surface area contributed by atoms with Gasteiger partial charge >= 0.3 is 10.2 Å². The van der Waals surface area contributed by atoms with Crippen LogP contribution >= 0.6 is 0 Å². The first-order valence-electron chi connectivity index (χ1n) is 7.02. The zero-order valence-corrected chi connectivity index (χ0v) is 13.7. The Hall–Kier alpha value is -1.31. The molecule has 1 aromatic carbocycles. The summed E-state index contributed by atoms with van der Waals surface area (Å²) in [5, 5.41) is 0. The van der Waals surface area contributed by atoms with Crippen LogP contribution in [0.2, 0.25) is 0 Å². The van der Waals surface area contributed by atoms with Gasteiger partial charge in [0.2, 0.25) is 0 Å². The Morgan fingerprint density at radius 2 is 2.10 bits per heavy atom. The standard InChI is InChI=1S/C14H25N3O3S/c1-12(2)11-16-21(18,19)17(9-5-8-15)13-6-4-7-14(10-13)20-3/h4,6-7,10,12,16H,5,8-9,11,15H2,1-3H3. The Labute approximate surface area is 127 Å². The van der Waals surface area contributed by atoms with Gasteiger partial charge in [-0.2, -0.15) is 13.1 Å². The topological polar surface area (TPSA) is 84.7 Å². The van der Waals surface area contributed by atoms with E-state index in [1.165, 1.54) is 4.31 Å². The van der Waals surface area contributed by atoms with Crippen LogP contribution in [0.1, 0.15) is 20.3 Å². The highest BCUT2D eigenvalue weighted by molar-refractivity contribution is 7.90. The van der Waals surface area contributed by atoms with Crippen molar-refractivity contribution >= 4 is 15.9 Å². The van der Waals surface area contributed by atoms with E-state index in [9.17, 15) is 8.42 Å². The van der Waals surface area contributed by atoms with E-state index in [0.717, 1.165) is 0 Å². The van der Waals surface area contributed by atoms with Crippen molar-refractivity contribution < 1.29 is 13.2 Å². The minimum Gasteiger partial charge on any atom is -0.497 e. The van der Waals surface area contributed by atoms with Crippen LogP contribution in [0, 0.1) is 5.92 Å². The Morgan fingerprint density at radius 3 is 2.67 bits per heavy atom. The lowest BCUT2D eigenvalue weighted by Gasteiger charge is -2.25. The van der Waals surface area contributed by atoms with Gasteiger partial charge in [0.25, 0.3) is 0 Å². The fourth-order valence-corrected chi connectivity index (χ4v) is 3.20. The van der Waals surface area contributed by atoms with Crippen molar-refractivity contribution in [3.05, 3.63) is 24.3 Å². The van der Waals surface area contributed by atoms with Gasteiger partial charge in [-0.3, -0.25) is 4.31 Å². The third-order valence-electron chi connectivity index (χ3n) is 2.87. The number of rotatable bonds is 9. The summed E-state index contributed by atoms with van der Waals surface area (Å²) < 4.78 is 34.1. The molecular weight excluding hydrogens is 290 g/mol. The number of hydrogen-bond donors (Lipinski definition) is 2. The van der Waals surface area contributed by atoms with Crippen LogP contribution in [0.3, 0.4) is 0 Å². The van der Waals surface area contributed by atoms with E-state index in [4.69, 9.17) is 10.5 Å². The fraction of sp³-hybridized carbons (Fsp3) is 0.571. The molecule has 0 aliphatic rings. The van der Waals surface area contributed by atoms with Gasteiger partial charge < -0.3 is 10.5 Å². The molecule has 0 saturated heterocycles. The molecule has 0 heterocycles. The average molecular weight is 315 g/mol. The van der Waals surface area contributed by atoms with Crippen molar-refractivity contribution in [3.8, 4) is 5.75 Å². The van der Waals surface area contributed by atoms with Crippen LogP contribution in [0.25, 0.3) is 0 Å². The molecule has 0 radical (unpaired) electrons. The van der Waals surface area contributed by atoms with Crippen LogP contribution in [-0.2, 0) is 10.2 Å². The van der Waals surface area contributed by atoms with E-state index in [0.29, 0.717) is 37.5 Å². The van der Waals surface area contributed by atoms with Gasteiger partial charge in [0.05, 0.1) is 12.8 Å². The van der Waals surface area contributed by atoms with Gasteiger partial charge in [-0.25, -0.2) is 0 Å². The summed E-state index contributed by atoms with van der Waals surface area (Å²) >= 11 is 0. The Kier molecular flexibility index (Phi) is 6.94. The molecular formula is C14H25N3O3S. The average Bonchev–Trinajstić information content (AvgIpc) is 2.46. The van der Waals surface area contributed by atoms with E-state index in [1.807, 2.05) is 13.8 Å². The number of methoxy groups -OCH3 is 1. The zero-order valence-electron chi connectivity index (χ0n) is 12.9. The van der Waals surface area contributed by atoms with Gasteiger partial charge in [0.1, 0.15) is 5.75 Å². The first-order valence-corrected chi connectivity index (χ1v) is 8.46. The van der Waals surface area contributed by atoms with Crippen molar-refractivity contribution in [2.45, 2.75) is 20.3 Å². The second-order valence-corrected chi connectivity index (χ2v) is 6.84. The molecule has 1 aromatic rings. The van der Waals surface area contributed by atoms with Gasteiger partial charge in [-0.05, 0) is 31.0 Å². The van der Waals surface area contributed by atoms with Gasteiger partial charge in [-0.15, -0.1) is 0 Å². The SMILES string of the molecule is COc1cccc(N(CCCN)S(=O)(=O)NCC(C)C)c1. The zero-order chi connectivity index (χ0) is 15.9. The minimum absolute atomic E-state index is 0.237. The minimum atomic E-state index is -3.60. The molecule has 6 nitrogen and oxygen atoms in total. The third-order valence-corrected chi connectivity index (χ3v) is 4.38. The molecule has 0 aliphatic heterocycles. The number of benzene rings is 1. The predicted octanol–water partition coefficient (Wildman–Crippen LogP) is 1.34. The highest BCUT2D eigenvalue weighted by Crippen LogP contribution is 2.23. The Bertz CT molecular complexity index is 532. The molecule has 0 unspecified atom stereocenters. The number of nitrogens with two attached hydrogens (primary N) is 1. The summed E-state index contributed by atoms with van der Waals surface area (Å²) in [7, 11) is -2.05. The van der Waals surface area contributed by atoms with E-state index in [2.05, 4.69) is 4.72 Å². The smallest absolute Gasteiger partial charge is 0.301 e. The molecule has 1 rings (SSSR count). The fourth-order valence-electron chi connectivity index (χ4n) is 1.74. The molecule has 120 valence electrons. The van der Waals surface area contributed by atoms with Gasteiger partial charge in [0, 0.05) is 19.2 Å². The lowest BCUT2D eigenvalue weighted by atomic mass is 10.2. The van der Waals surface area contributed by atoms with Crippen LogP contribution in [-0.4, -0.2) is 35.2 Å². The summed E-state index contributed by atoms with van der Waals surface area (Å²) in [6.07, 6.45) is 0.583. The molecule has 0 saturated carbocycles. The normalized spacial score (nSPS) is 11.7. The molecule has 0 aliphatic carbocycles. The summed E-state index contributed by atoms with van der Waals surface area (Å²) in [6.45, 7) is 5.07. The Morgan fingerprint density at radius 1 is 1.38 bits per heavy atom. The maximum absolute atomic E-state index is 12.5.